The second-order valence-electron chi connectivity index (χ2n) is 5.84. The number of halogens is 1. The first kappa shape index (κ1) is 15.8. The van der Waals surface area contributed by atoms with Gasteiger partial charge in [0.1, 0.15) is 0 Å². The van der Waals surface area contributed by atoms with Crippen molar-refractivity contribution in [2.75, 3.05) is 6.54 Å². The van der Waals surface area contributed by atoms with Gasteiger partial charge in [-0.25, -0.2) is 0 Å². The smallest absolute Gasteiger partial charge is 0.0536 e. The molecule has 0 radical (unpaired) electrons. The van der Waals surface area contributed by atoms with E-state index in [9.17, 15) is 0 Å². The van der Waals surface area contributed by atoms with Gasteiger partial charge in [0.25, 0.3) is 0 Å². The third-order valence-electron chi connectivity index (χ3n) is 4.15. The van der Waals surface area contributed by atoms with Crippen molar-refractivity contribution in [3.05, 3.63) is 44.9 Å². The molecule has 1 aliphatic rings. The molecule has 1 aromatic rings. The monoisotopic (exact) mass is 335 g/mol. The zero-order chi connectivity index (χ0) is 14.5. The number of benzene rings is 1. The topological polar surface area (TPSA) is 12.0 Å². The molecule has 0 aromatic heterocycles. The number of hydrogen-bond donors (Lipinski definition) is 1. The predicted octanol–water partition coefficient (Wildman–Crippen LogP) is 5.61. The summed E-state index contributed by atoms with van der Waals surface area (Å²) in [5, 5.41) is 3.69. The molecule has 0 amide bonds. The minimum Gasteiger partial charge on any atom is -0.307 e. The maximum Gasteiger partial charge on any atom is 0.0536 e. The summed E-state index contributed by atoms with van der Waals surface area (Å²) in [5.74, 6) is 0. The number of rotatable bonds is 4. The SMILES string of the molecule is CCNC(C1=CCCCCC1)c1cc(C)c(Br)c(C)c1. The summed E-state index contributed by atoms with van der Waals surface area (Å²) in [4.78, 5) is 0. The fraction of sp³-hybridized carbons (Fsp3) is 0.556. The van der Waals surface area contributed by atoms with E-state index in [-0.39, 0.29) is 0 Å². The highest BCUT2D eigenvalue weighted by atomic mass is 79.9. The Morgan fingerprint density at radius 3 is 2.50 bits per heavy atom. The summed E-state index contributed by atoms with van der Waals surface area (Å²) in [7, 11) is 0. The van der Waals surface area contributed by atoms with Crippen LogP contribution in [0.1, 0.15) is 61.8 Å². The third kappa shape index (κ3) is 3.73. The second kappa shape index (κ2) is 7.42. The summed E-state index contributed by atoms with van der Waals surface area (Å²) < 4.78 is 1.24. The Morgan fingerprint density at radius 1 is 1.15 bits per heavy atom. The molecule has 0 saturated carbocycles. The van der Waals surface area contributed by atoms with Crippen molar-refractivity contribution in [1.29, 1.82) is 0 Å². The Morgan fingerprint density at radius 2 is 1.85 bits per heavy atom. The molecular weight excluding hydrogens is 310 g/mol. The zero-order valence-electron chi connectivity index (χ0n) is 12.9. The predicted molar refractivity (Wildman–Crippen MR) is 91.2 cm³/mol. The Bertz CT molecular complexity index is 467. The lowest BCUT2D eigenvalue weighted by atomic mass is 9.93. The normalized spacial score (nSPS) is 17.5. The number of likely N-dealkylation sites (N-methyl/N-ethyl adjacent to an activating group) is 1. The molecule has 0 heterocycles. The molecule has 20 heavy (non-hydrogen) atoms. The van der Waals surface area contributed by atoms with Gasteiger partial charge >= 0.3 is 0 Å². The van der Waals surface area contributed by atoms with E-state index in [0.29, 0.717) is 6.04 Å². The molecule has 1 aliphatic carbocycles. The van der Waals surface area contributed by atoms with Gasteiger partial charge < -0.3 is 5.32 Å². The van der Waals surface area contributed by atoms with E-state index in [2.05, 4.69) is 60.2 Å². The molecule has 2 heteroatoms. The summed E-state index contributed by atoms with van der Waals surface area (Å²) in [6, 6.07) is 5.05. The zero-order valence-corrected chi connectivity index (χ0v) is 14.5. The van der Waals surface area contributed by atoms with E-state index in [0.717, 1.165) is 6.54 Å². The van der Waals surface area contributed by atoms with Crippen LogP contribution in [0.25, 0.3) is 0 Å². The molecule has 0 fully saturated rings. The Labute approximate surface area is 132 Å². The van der Waals surface area contributed by atoms with Gasteiger partial charge in [0.15, 0.2) is 0 Å². The number of hydrogen-bond acceptors (Lipinski definition) is 1. The van der Waals surface area contributed by atoms with Crippen LogP contribution in [0.3, 0.4) is 0 Å². The van der Waals surface area contributed by atoms with Crippen LogP contribution in [0.15, 0.2) is 28.3 Å². The largest absolute Gasteiger partial charge is 0.307 e. The fourth-order valence-corrected chi connectivity index (χ4v) is 3.34. The maximum absolute atomic E-state index is 3.69. The lowest BCUT2D eigenvalue weighted by Gasteiger charge is -2.23. The molecule has 1 aromatic carbocycles. The van der Waals surface area contributed by atoms with Crippen molar-refractivity contribution < 1.29 is 0 Å². The Hall–Kier alpha value is -0.600. The van der Waals surface area contributed by atoms with Crippen LogP contribution in [-0.2, 0) is 0 Å². The van der Waals surface area contributed by atoms with E-state index < -0.39 is 0 Å². The molecule has 0 spiro atoms. The van der Waals surface area contributed by atoms with Gasteiger partial charge in [-0.1, -0.05) is 53.1 Å². The minimum absolute atomic E-state index is 0.392. The third-order valence-corrected chi connectivity index (χ3v) is 5.40. The molecule has 1 nitrogen and oxygen atoms in total. The van der Waals surface area contributed by atoms with Gasteiger partial charge in [0.05, 0.1) is 6.04 Å². The Balaban J connectivity index is 2.34. The second-order valence-corrected chi connectivity index (χ2v) is 6.63. The van der Waals surface area contributed by atoms with Crippen molar-refractivity contribution in [3.63, 3.8) is 0 Å². The maximum atomic E-state index is 3.69. The highest BCUT2D eigenvalue weighted by Crippen LogP contribution is 2.32. The molecule has 2 rings (SSSR count). The van der Waals surface area contributed by atoms with E-state index in [1.807, 2.05) is 0 Å². The average Bonchev–Trinajstić information content (AvgIpc) is 2.70. The van der Waals surface area contributed by atoms with Crippen LogP contribution in [0.4, 0.5) is 0 Å². The van der Waals surface area contributed by atoms with Crippen LogP contribution < -0.4 is 5.32 Å². The number of nitrogens with one attached hydrogen (secondary N) is 1. The van der Waals surface area contributed by atoms with Crippen LogP contribution >= 0.6 is 15.9 Å². The van der Waals surface area contributed by atoms with Crippen molar-refractivity contribution in [1.82, 2.24) is 5.32 Å². The quantitative estimate of drug-likeness (QED) is 0.705. The summed E-state index contributed by atoms with van der Waals surface area (Å²) in [6.07, 6.45) is 9.02. The van der Waals surface area contributed by atoms with Gasteiger partial charge in [-0.2, -0.15) is 0 Å². The molecule has 1 N–H and O–H groups in total. The van der Waals surface area contributed by atoms with Crippen molar-refractivity contribution in [3.8, 4) is 0 Å². The first-order valence-corrected chi connectivity index (χ1v) is 8.61. The van der Waals surface area contributed by atoms with Crippen molar-refractivity contribution in [2.24, 2.45) is 0 Å². The lowest BCUT2D eigenvalue weighted by Crippen LogP contribution is -2.23. The van der Waals surface area contributed by atoms with Gasteiger partial charge in [-0.15, -0.1) is 0 Å². The molecule has 1 unspecified atom stereocenters. The number of aryl methyl sites for hydroxylation is 2. The highest BCUT2D eigenvalue weighted by Gasteiger charge is 2.18. The summed E-state index contributed by atoms with van der Waals surface area (Å²) in [5.41, 5.74) is 5.66. The number of allylic oxidation sites excluding steroid dienone is 1. The van der Waals surface area contributed by atoms with Crippen LogP contribution in [0.5, 0.6) is 0 Å². The van der Waals surface area contributed by atoms with Crippen LogP contribution in [-0.4, -0.2) is 6.54 Å². The summed E-state index contributed by atoms with van der Waals surface area (Å²) >= 11 is 3.67. The standard InChI is InChI=1S/C18H26BrN/c1-4-20-18(15-9-7-5-6-8-10-15)16-11-13(2)17(19)14(3)12-16/h9,11-12,18,20H,4-8,10H2,1-3H3. The van der Waals surface area contributed by atoms with E-state index in [4.69, 9.17) is 0 Å². The summed E-state index contributed by atoms with van der Waals surface area (Å²) in [6.45, 7) is 7.58. The van der Waals surface area contributed by atoms with E-state index >= 15 is 0 Å². The Kier molecular flexibility index (Phi) is 5.86. The van der Waals surface area contributed by atoms with Gasteiger partial charge in [0, 0.05) is 4.47 Å². The fourth-order valence-electron chi connectivity index (χ4n) is 3.12. The molecule has 0 bridgehead atoms. The van der Waals surface area contributed by atoms with Gasteiger partial charge in [-0.05, 0) is 62.8 Å². The first-order valence-electron chi connectivity index (χ1n) is 7.82. The van der Waals surface area contributed by atoms with Gasteiger partial charge in [0.2, 0.25) is 0 Å². The lowest BCUT2D eigenvalue weighted by molar-refractivity contribution is 0.589. The molecule has 0 aliphatic heterocycles. The van der Waals surface area contributed by atoms with Crippen LogP contribution in [0, 0.1) is 13.8 Å². The molecule has 110 valence electrons. The average molecular weight is 336 g/mol. The highest BCUT2D eigenvalue weighted by molar-refractivity contribution is 9.10. The van der Waals surface area contributed by atoms with Crippen molar-refractivity contribution in [2.45, 2.75) is 58.9 Å². The molecule has 0 saturated heterocycles. The van der Waals surface area contributed by atoms with Gasteiger partial charge in [-0.3, -0.25) is 0 Å². The van der Waals surface area contributed by atoms with Crippen molar-refractivity contribution >= 4 is 15.9 Å². The van der Waals surface area contributed by atoms with Crippen LogP contribution in [0.2, 0.25) is 0 Å². The minimum atomic E-state index is 0.392. The van der Waals surface area contributed by atoms with E-state index in [1.165, 1.54) is 53.3 Å². The molecule has 1 atom stereocenters. The molecular formula is C18H26BrN. The first-order chi connectivity index (χ1) is 9.63. The van der Waals surface area contributed by atoms with E-state index in [1.54, 1.807) is 5.57 Å².